The number of hydrogen-bond acceptors (Lipinski definition) is 3. The molecule has 4 heteroatoms. The molecule has 1 N–H and O–H groups in total. The summed E-state index contributed by atoms with van der Waals surface area (Å²) in [6.45, 7) is 4.17. The summed E-state index contributed by atoms with van der Waals surface area (Å²) in [6, 6.07) is 0. The van der Waals surface area contributed by atoms with E-state index in [0.717, 1.165) is 41.5 Å². The van der Waals surface area contributed by atoms with Crippen molar-refractivity contribution in [2.45, 2.75) is 52.4 Å². The Labute approximate surface area is 112 Å². The molecule has 0 radical (unpaired) electrons. The van der Waals surface area contributed by atoms with E-state index in [1.165, 1.54) is 6.42 Å². The molecule has 18 heavy (non-hydrogen) atoms. The minimum atomic E-state index is -0.622. The summed E-state index contributed by atoms with van der Waals surface area (Å²) in [5.74, 6) is 0.101. The number of nitrogens with zero attached hydrogens (tertiary/aromatic N) is 1. The van der Waals surface area contributed by atoms with Crippen molar-refractivity contribution in [3.8, 4) is 0 Å². The lowest BCUT2D eigenvalue weighted by atomic mass is 9.68. The fraction of sp³-hybridized carbons (Fsp3) is 0.714. The fourth-order valence-electron chi connectivity index (χ4n) is 2.93. The van der Waals surface area contributed by atoms with E-state index in [2.05, 4.69) is 11.9 Å². The van der Waals surface area contributed by atoms with Crippen LogP contribution >= 0.6 is 11.3 Å². The van der Waals surface area contributed by atoms with Gasteiger partial charge in [0, 0.05) is 11.1 Å². The number of carbonyl (C=O) groups is 1. The number of aromatic nitrogens is 1. The average Bonchev–Trinajstić information content (AvgIpc) is 2.75. The maximum atomic E-state index is 11.7. The summed E-state index contributed by atoms with van der Waals surface area (Å²) in [6.07, 6.45) is 7.42. The molecule has 0 aliphatic heterocycles. The molecule has 1 saturated carbocycles. The molecule has 0 atom stereocenters. The van der Waals surface area contributed by atoms with Crippen LogP contribution in [0.2, 0.25) is 0 Å². The zero-order chi connectivity index (χ0) is 13.2. The largest absolute Gasteiger partial charge is 0.481 e. The molecule has 0 unspecified atom stereocenters. The van der Waals surface area contributed by atoms with Gasteiger partial charge in [-0.3, -0.25) is 4.79 Å². The maximum Gasteiger partial charge on any atom is 0.309 e. The Bertz CT molecular complexity index is 419. The predicted octanol–water partition coefficient (Wildman–Crippen LogP) is 3.67. The number of rotatable bonds is 4. The normalized spacial score (nSPS) is 28.2. The number of carboxylic acid groups (broad SMARTS) is 1. The first kappa shape index (κ1) is 13.5. The molecule has 0 amide bonds. The van der Waals surface area contributed by atoms with Crippen molar-refractivity contribution < 1.29 is 9.90 Å². The van der Waals surface area contributed by atoms with E-state index in [0.29, 0.717) is 6.42 Å². The van der Waals surface area contributed by atoms with Gasteiger partial charge >= 0.3 is 5.97 Å². The van der Waals surface area contributed by atoms with Gasteiger partial charge in [0.15, 0.2) is 0 Å². The third kappa shape index (κ3) is 2.74. The summed E-state index contributed by atoms with van der Waals surface area (Å²) < 4.78 is 0. The van der Waals surface area contributed by atoms with Gasteiger partial charge in [-0.15, -0.1) is 11.3 Å². The summed E-state index contributed by atoms with van der Waals surface area (Å²) in [5, 5.41) is 10.6. The lowest BCUT2D eigenvalue weighted by Crippen LogP contribution is -2.37. The molecule has 2 rings (SSSR count). The van der Waals surface area contributed by atoms with Crippen LogP contribution in [0.25, 0.3) is 0 Å². The molecule has 1 aromatic heterocycles. The lowest BCUT2D eigenvalue weighted by molar-refractivity contribution is -0.151. The summed E-state index contributed by atoms with van der Waals surface area (Å²) >= 11 is 1.63. The molecule has 0 spiro atoms. The van der Waals surface area contributed by atoms with Gasteiger partial charge in [-0.05, 0) is 44.9 Å². The number of aryl methyl sites for hydroxylation is 1. The topological polar surface area (TPSA) is 50.2 Å². The SMILES string of the molecule is CCC1CCC(Cc2cnc(C)s2)(C(=O)O)CC1. The Morgan fingerprint density at radius 3 is 2.67 bits per heavy atom. The van der Waals surface area contributed by atoms with Crippen LogP contribution in [0, 0.1) is 18.3 Å². The zero-order valence-corrected chi connectivity index (χ0v) is 11.9. The smallest absolute Gasteiger partial charge is 0.309 e. The second-order valence-corrected chi connectivity index (χ2v) is 6.78. The lowest BCUT2D eigenvalue weighted by Gasteiger charge is -2.36. The van der Waals surface area contributed by atoms with Gasteiger partial charge in [-0.2, -0.15) is 0 Å². The molecule has 1 aliphatic carbocycles. The highest BCUT2D eigenvalue weighted by Gasteiger charge is 2.41. The van der Waals surface area contributed by atoms with E-state index in [1.54, 1.807) is 11.3 Å². The maximum absolute atomic E-state index is 11.7. The van der Waals surface area contributed by atoms with Crippen LogP contribution in [-0.4, -0.2) is 16.1 Å². The summed E-state index contributed by atoms with van der Waals surface area (Å²) in [4.78, 5) is 17.0. The molecule has 1 aromatic rings. The van der Waals surface area contributed by atoms with Crippen LogP contribution in [0.15, 0.2) is 6.20 Å². The zero-order valence-electron chi connectivity index (χ0n) is 11.1. The van der Waals surface area contributed by atoms with E-state index in [-0.39, 0.29) is 0 Å². The van der Waals surface area contributed by atoms with Gasteiger partial charge in [-0.25, -0.2) is 4.98 Å². The first-order chi connectivity index (χ1) is 8.55. The molecule has 0 bridgehead atoms. The Balaban J connectivity index is 2.11. The van der Waals surface area contributed by atoms with Crippen molar-refractivity contribution in [1.29, 1.82) is 0 Å². The van der Waals surface area contributed by atoms with Gasteiger partial charge in [0.2, 0.25) is 0 Å². The first-order valence-electron chi connectivity index (χ1n) is 6.70. The van der Waals surface area contributed by atoms with Gasteiger partial charge in [-0.1, -0.05) is 13.3 Å². The Hall–Kier alpha value is -0.900. The first-order valence-corrected chi connectivity index (χ1v) is 7.52. The second kappa shape index (κ2) is 5.39. The van der Waals surface area contributed by atoms with Crippen molar-refractivity contribution in [3.63, 3.8) is 0 Å². The summed E-state index contributed by atoms with van der Waals surface area (Å²) in [5.41, 5.74) is -0.537. The molecular formula is C14H21NO2S. The standard InChI is InChI=1S/C14H21NO2S/c1-3-11-4-6-14(7-5-11,13(16)17)8-12-9-15-10(2)18-12/h9,11H,3-8H2,1-2H3,(H,16,17). The molecule has 1 fully saturated rings. The molecule has 1 aliphatic rings. The van der Waals surface area contributed by atoms with Crippen LogP contribution < -0.4 is 0 Å². The highest BCUT2D eigenvalue weighted by atomic mass is 32.1. The highest BCUT2D eigenvalue weighted by Crippen LogP contribution is 2.43. The number of aliphatic carboxylic acids is 1. The second-order valence-electron chi connectivity index (χ2n) is 5.46. The third-order valence-electron chi connectivity index (χ3n) is 4.28. The van der Waals surface area contributed by atoms with E-state index < -0.39 is 11.4 Å². The van der Waals surface area contributed by atoms with Crippen LogP contribution in [0.3, 0.4) is 0 Å². The van der Waals surface area contributed by atoms with Crippen LogP contribution in [-0.2, 0) is 11.2 Å². The van der Waals surface area contributed by atoms with Gasteiger partial charge < -0.3 is 5.11 Å². The van der Waals surface area contributed by atoms with Crippen LogP contribution in [0.4, 0.5) is 0 Å². The van der Waals surface area contributed by atoms with Crippen LogP contribution in [0.5, 0.6) is 0 Å². The number of carboxylic acids is 1. The highest BCUT2D eigenvalue weighted by molar-refractivity contribution is 7.11. The van der Waals surface area contributed by atoms with Crippen LogP contribution in [0.1, 0.15) is 48.9 Å². The van der Waals surface area contributed by atoms with Crippen molar-refractivity contribution in [2.75, 3.05) is 0 Å². The van der Waals surface area contributed by atoms with Crippen molar-refractivity contribution >= 4 is 17.3 Å². The van der Waals surface area contributed by atoms with E-state index in [9.17, 15) is 9.90 Å². The van der Waals surface area contributed by atoms with Gasteiger partial charge in [0.05, 0.1) is 10.4 Å². The van der Waals surface area contributed by atoms with Crippen molar-refractivity contribution in [3.05, 3.63) is 16.1 Å². The van der Waals surface area contributed by atoms with Crippen molar-refractivity contribution in [1.82, 2.24) is 4.98 Å². The summed E-state index contributed by atoms with van der Waals surface area (Å²) in [7, 11) is 0. The third-order valence-corrected chi connectivity index (χ3v) is 5.19. The monoisotopic (exact) mass is 267 g/mol. The Morgan fingerprint density at radius 1 is 1.56 bits per heavy atom. The Kier molecular flexibility index (Phi) is 4.05. The van der Waals surface area contributed by atoms with E-state index in [1.807, 2.05) is 13.1 Å². The average molecular weight is 267 g/mol. The van der Waals surface area contributed by atoms with E-state index >= 15 is 0 Å². The molecule has 0 aromatic carbocycles. The molecular weight excluding hydrogens is 246 g/mol. The number of hydrogen-bond donors (Lipinski definition) is 1. The minimum absolute atomic E-state index is 0.537. The number of thiazole rings is 1. The molecule has 3 nitrogen and oxygen atoms in total. The quantitative estimate of drug-likeness (QED) is 0.905. The molecule has 1 heterocycles. The molecule has 0 saturated heterocycles. The minimum Gasteiger partial charge on any atom is -0.481 e. The van der Waals surface area contributed by atoms with E-state index in [4.69, 9.17) is 0 Å². The fourth-order valence-corrected chi connectivity index (χ4v) is 3.86. The van der Waals surface area contributed by atoms with Crippen molar-refractivity contribution in [2.24, 2.45) is 11.3 Å². The molecule has 100 valence electrons. The van der Waals surface area contributed by atoms with Gasteiger partial charge in [0.25, 0.3) is 0 Å². The predicted molar refractivity (Wildman–Crippen MR) is 72.9 cm³/mol. The van der Waals surface area contributed by atoms with Gasteiger partial charge in [0.1, 0.15) is 0 Å². The Morgan fingerprint density at radius 2 is 2.22 bits per heavy atom.